The van der Waals surface area contributed by atoms with Gasteiger partial charge in [-0.3, -0.25) is 9.59 Å². The Morgan fingerprint density at radius 1 is 0.909 bits per heavy atom. The van der Waals surface area contributed by atoms with Gasteiger partial charge < -0.3 is 9.47 Å². The van der Waals surface area contributed by atoms with Gasteiger partial charge in [0.05, 0.1) is 0 Å². The van der Waals surface area contributed by atoms with Gasteiger partial charge >= 0.3 is 11.9 Å². The monoisotopic (exact) mass is 310 g/mol. The number of carbonyl (C=O) groups excluding carboxylic acids is 2. The molecule has 0 bridgehead atoms. The van der Waals surface area contributed by atoms with Crippen LogP contribution in [0.1, 0.15) is 65.7 Å². The van der Waals surface area contributed by atoms with Gasteiger partial charge in [-0.2, -0.15) is 0 Å². The van der Waals surface area contributed by atoms with E-state index in [-0.39, 0.29) is 25.2 Å². The minimum atomic E-state index is -0.344. The van der Waals surface area contributed by atoms with Crippen molar-refractivity contribution >= 4 is 11.9 Å². The first-order valence-electron chi connectivity index (χ1n) is 8.11. The predicted octanol–water partition coefficient (Wildman–Crippen LogP) is 4.35. The van der Waals surface area contributed by atoms with Gasteiger partial charge in [0.15, 0.2) is 0 Å². The fourth-order valence-corrected chi connectivity index (χ4v) is 1.97. The summed E-state index contributed by atoms with van der Waals surface area (Å²) < 4.78 is 9.98. The van der Waals surface area contributed by atoms with Gasteiger partial charge in [0.2, 0.25) is 0 Å². The van der Waals surface area contributed by atoms with E-state index in [1.807, 2.05) is 6.08 Å². The summed E-state index contributed by atoms with van der Waals surface area (Å²) in [6.45, 7) is 9.17. The smallest absolute Gasteiger partial charge is 0.302 e. The molecular weight excluding hydrogens is 280 g/mol. The molecule has 4 heteroatoms. The maximum atomic E-state index is 10.9. The highest BCUT2D eigenvalue weighted by Gasteiger charge is 2.07. The van der Waals surface area contributed by atoms with Crippen LogP contribution in [0.25, 0.3) is 0 Å². The van der Waals surface area contributed by atoms with E-state index >= 15 is 0 Å². The summed E-state index contributed by atoms with van der Waals surface area (Å²) in [5.41, 5.74) is 1.52. The van der Waals surface area contributed by atoms with Crippen molar-refractivity contribution in [3.05, 3.63) is 23.8 Å². The third-order valence-electron chi connectivity index (χ3n) is 3.28. The molecule has 0 saturated heterocycles. The van der Waals surface area contributed by atoms with Crippen LogP contribution in [-0.2, 0) is 19.1 Å². The van der Waals surface area contributed by atoms with Crippen LogP contribution in [0.2, 0.25) is 0 Å². The Balaban J connectivity index is 4.25. The summed E-state index contributed by atoms with van der Waals surface area (Å²) >= 11 is 0. The zero-order chi connectivity index (χ0) is 16.8. The predicted molar refractivity (Wildman–Crippen MR) is 88.5 cm³/mol. The van der Waals surface area contributed by atoms with Gasteiger partial charge in [0.1, 0.15) is 13.2 Å². The SMILES string of the molecule is C=C(COC(C)=O)/C(=C/CCCCCCCC)COC(C)=O. The summed E-state index contributed by atoms with van der Waals surface area (Å²) in [7, 11) is 0. The number of rotatable bonds is 12. The Morgan fingerprint density at radius 2 is 1.45 bits per heavy atom. The van der Waals surface area contributed by atoms with E-state index in [1.54, 1.807) is 0 Å². The van der Waals surface area contributed by atoms with Gasteiger partial charge in [-0.05, 0) is 24.0 Å². The fraction of sp³-hybridized carbons (Fsp3) is 0.667. The summed E-state index contributed by atoms with van der Waals surface area (Å²) in [6, 6.07) is 0. The molecule has 0 atom stereocenters. The molecule has 0 saturated carbocycles. The normalized spacial score (nSPS) is 11.1. The molecule has 0 amide bonds. The molecule has 0 aromatic carbocycles. The second-order valence-electron chi connectivity index (χ2n) is 5.45. The lowest BCUT2D eigenvalue weighted by molar-refractivity contribution is -0.141. The second kappa shape index (κ2) is 13.1. The zero-order valence-corrected chi connectivity index (χ0v) is 14.3. The molecule has 0 N–H and O–H groups in total. The molecule has 0 aromatic rings. The van der Waals surface area contributed by atoms with Crippen LogP contribution in [-0.4, -0.2) is 25.2 Å². The third kappa shape index (κ3) is 12.2. The number of esters is 2. The first-order chi connectivity index (χ1) is 10.5. The van der Waals surface area contributed by atoms with Crippen LogP contribution in [0.3, 0.4) is 0 Å². The van der Waals surface area contributed by atoms with Crippen LogP contribution < -0.4 is 0 Å². The Bertz CT molecular complexity index is 383. The standard InChI is InChI=1S/C18H30O4/c1-5-6-7-8-9-10-11-12-18(14-22-17(4)20)15(2)13-21-16(3)19/h12H,2,5-11,13-14H2,1,3-4H3/b18-12+. The number of allylic oxidation sites excluding steroid dienone is 1. The van der Waals surface area contributed by atoms with Crippen LogP contribution in [0, 0.1) is 0 Å². The number of hydrogen-bond acceptors (Lipinski definition) is 4. The first kappa shape index (κ1) is 20.4. The minimum Gasteiger partial charge on any atom is -0.461 e. The zero-order valence-electron chi connectivity index (χ0n) is 14.3. The molecule has 0 rings (SSSR count). The molecule has 0 aliphatic heterocycles. The lowest BCUT2D eigenvalue weighted by Gasteiger charge is -2.11. The molecule has 0 fully saturated rings. The minimum absolute atomic E-state index is 0.138. The van der Waals surface area contributed by atoms with Crippen molar-refractivity contribution in [2.45, 2.75) is 65.7 Å². The van der Waals surface area contributed by atoms with E-state index in [2.05, 4.69) is 13.5 Å². The molecule has 22 heavy (non-hydrogen) atoms. The Kier molecular flexibility index (Phi) is 12.2. The number of unbranched alkanes of at least 4 members (excludes halogenated alkanes) is 6. The first-order valence-corrected chi connectivity index (χ1v) is 8.11. The van der Waals surface area contributed by atoms with E-state index in [1.165, 1.54) is 46.0 Å². The van der Waals surface area contributed by atoms with E-state index in [4.69, 9.17) is 9.47 Å². The van der Waals surface area contributed by atoms with E-state index in [0.717, 1.165) is 18.4 Å². The van der Waals surface area contributed by atoms with Crippen molar-refractivity contribution in [2.24, 2.45) is 0 Å². The maximum absolute atomic E-state index is 10.9. The average molecular weight is 310 g/mol. The van der Waals surface area contributed by atoms with Crippen molar-refractivity contribution < 1.29 is 19.1 Å². The third-order valence-corrected chi connectivity index (χ3v) is 3.28. The molecule has 4 nitrogen and oxygen atoms in total. The van der Waals surface area contributed by atoms with E-state index < -0.39 is 0 Å². The van der Waals surface area contributed by atoms with Crippen molar-refractivity contribution in [1.29, 1.82) is 0 Å². The molecular formula is C18H30O4. The van der Waals surface area contributed by atoms with Crippen molar-refractivity contribution in [3.8, 4) is 0 Å². The number of carbonyl (C=O) groups is 2. The molecule has 0 spiro atoms. The van der Waals surface area contributed by atoms with Crippen molar-refractivity contribution in [1.82, 2.24) is 0 Å². The van der Waals surface area contributed by atoms with Gasteiger partial charge in [-0.1, -0.05) is 51.7 Å². The number of ether oxygens (including phenoxy) is 2. The average Bonchev–Trinajstić information content (AvgIpc) is 2.46. The van der Waals surface area contributed by atoms with Crippen LogP contribution in [0.4, 0.5) is 0 Å². The molecule has 0 aliphatic rings. The lowest BCUT2D eigenvalue weighted by atomic mass is 10.0. The summed E-state index contributed by atoms with van der Waals surface area (Å²) in [4.78, 5) is 21.8. The molecule has 0 unspecified atom stereocenters. The molecule has 0 aliphatic carbocycles. The lowest BCUT2D eigenvalue weighted by Crippen LogP contribution is -2.10. The number of hydrogen-bond donors (Lipinski definition) is 0. The maximum Gasteiger partial charge on any atom is 0.302 e. The molecule has 0 aromatic heterocycles. The van der Waals surface area contributed by atoms with Gasteiger partial charge in [0.25, 0.3) is 0 Å². The Morgan fingerprint density at radius 3 is 2.05 bits per heavy atom. The summed E-state index contributed by atoms with van der Waals surface area (Å²) in [5.74, 6) is -0.672. The van der Waals surface area contributed by atoms with Gasteiger partial charge in [-0.15, -0.1) is 0 Å². The Hall–Kier alpha value is -1.58. The van der Waals surface area contributed by atoms with Gasteiger partial charge in [0, 0.05) is 13.8 Å². The van der Waals surface area contributed by atoms with Gasteiger partial charge in [-0.25, -0.2) is 0 Å². The summed E-state index contributed by atoms with van der Waals surface area (Å²) in [5, 5.41) is 0. The fourth-order valence-electron chi connectivity index (χ4n) is 1.97. The molecule has 0 radical (unpaired) electrons. The van der Waals surface area contributed by atoms with E-state index in [0.29, 0.717) is 5.57 Å². The van der Waals surface area contributed by atoms with Crippen LogP contribution in [0.15, 0.2) is 23.8 Å². The quantitative estimate of drug-likeness (QED) is 0.305. The Labute approximate surface area is 134 Å². The van der Waals surface area contributed by atoms with Crippen LogP contribution >= 0.6 is 0 Å². The topological polar surface area (TPSA) is 52.6 Å². The molecule has 0 heterocycles. The molecule has 126 valence electrons. The highest BCUT2D eigenvalue weighted by molar-refractivity contribution is 5.67. The summed E-state index contributed by atoms with van der Waals surface area (Å²) in [6.07, 6.45) is 10.4. The second-order valence-corrected chi connectivity index (χ2v) is 5.45. The van der Waals surface area contributed by atoms with Crippen LogP contribution in [0.5, 0.6) is 0 Å². The van der Waals surface area contributed by atoms with Crippen molar-refractivity contribution in [3.63, 3.8) is 0 Å². The highest BCUT2D eigenvalue weighted by Crippen LogP contribution is 2.14. The largest absolute Gasteiger partial charge is 0.461 e. The highest BCUT2D eigenvalue weighted by atomic mass is 16.5. The van der Waals surface area contributed by atoms with E-state index in [9.17, 15) is 9.59 Å². The van der Waals surface area contributed by atoms with Crippen molar-refractivity contribution in [2.75, 3.05) is 13.2 Å².